The quantitative estimate of drug-likeness (QED) is 0.797. The molecule has 2 N–H and O–H groups in total. The van der Waals surface area contributed by atoms with Crippen LogP contribution >= 0.6 is 31.9 Å². The predicted octanol–water partition coefficient (Wildman–Crippen LogP) is 4.90. The molecule has 1 atom stereocenters. The van der Waals surface area contributed by atoms with Crippen molar-refractivity contribution < 1.29 is 4.39 Å². The molecule has 1 unspecified atom stereocenters. The lowest BCUT2D eigenvalue weighted by atomic mass is 9.97. The van der Waals surface area contributed by atoms with Gasteiger partial charge in [-0.25, -0.2) is 4.39 Å². The molecule has 100 valence electrons. The van der Waals surface area contributed by atoms with Crippen LogP contribution in [0.15, 0.2) is 45.3 Å². The van der Waals surface area contributed by atoms with Crippen molar-refractivity contribution in [1.82, 2.24) is 0 Å². The Morgan fingerprint density at radius 3 is 2.37 bits per heavy atom. The van der Waals surface area contributed by atoms with Gasteiger partial charge in [0.2, 0.25) is 0 Å². The van der Waals surface area contributed by atoms with Gasteiger partial charge in [-0.1, -0.05) is 37.9 Å². The molecule has 2 aromatic carbocycles. The van der Waals surface area contributed by atoms with Gasteiger partial charge in [-0.2, -0.15) is 0 Å². The van der Waals surface area contributed by atoms with E-state index < -0.39 is 0 Å². The van der Waals surface area contributed by atoms with Gasteiger partial charge in [-0.05, 0) is 60.4 Å². The number of hydrogen-bond donors (Lipinski definition) is 1. The van der Waals surface area contributed by atoms with Gasteiger partial charge >= 0.3 is 0 Å². The molecule has 0 aromatic heterocycles. The smallest absolute Gasteiger partial charge is 0.123 e. The summed E-state index contributed by atoms with van der Waals surface area (Å²) in [6, 6.07) is 10.6. The summed E-state index contributed by atoms with van der Waals surface area (Å²) in [6.45, 7) is 1.97. The maximum atomic E-state index is 13.3. The van der Waals surface area contributed by atoms with Crippen molar-refractivity contribution in [2.24, 2.45) is 5.73 Å². The minimum absolute atomic E-state index is 0.158. The second-order valence-corrected chi connectivity index (χ2v) is 6.42. The van der Waals surface area contributed by atoms with Crippen LogP contribution in [0.5, 0.6) is 0 Å². The molecule has 0 radical (unpaired) electrons. The van der Waals surface area contributed by atoms with Gasteiger partial charge in [0.25, 0.3) is 0 Å². The minimum atomic E-state index is -0.219. The van der Waals surface area contributed by atoms with Crippen LogP contribution in [-0.4, -0.2) is 0 Å². The van der Waals surface area contributed by atoms with Gasteiger partial charge in [0.1, 0.15) is 5.82 Å². The first-order valence-corrected chi connectivity index (χ1v) is 7.51. The van der Waals surface area contributed by atoms with E-state index >= 15 is 0 Å². The van der Waals surface area contributed by atoms with Gasteiger partial charge in [0.15, 0.2) is 0 Å². The van der Waals surface area contributed by atoms with Crippen LogP contribution < -0.4 is 5.73 Å². The molecule has 0 saturated heterocycles. The van der Waals surface area contributed by atoms with E-state index in [1.807, 2.05) is 25.1 Å². The van der Waals surface area contributed by atoms with E-state index in [0.29, 0.717) is 6.42 Å². The molecule has 0 amide bonds. The van der Waals surface area contributed by atoms with E-state index in [0.717, 1.165) is 25.6 Å². The van der Waals surface area contributed by atoms with E-state index in [2.05, 4.69) is 31.9 Å². The van der Waals surface area contributed by atoms with E-state index in [1.165, 1.54) is 6.07 Å². The molecular formula is C15H14Br2FN. The lowest BCUT2D eigenvalue weighted by Crippen LogP contribution is -2.14. The SMILES string of the molecule is Cc1ccc(F)cc1CC(N)c1cc(Br)cc(Br)c1. The number of hydrogen-bond acceptors (Lipinski definition) is 1. The van der Waals surface area contributed by atoms with Crippen molar-refractivity contribution in [3.63, 3.8) is 0 Å². The molecule has 4 heteroatoms. The summed E-state index contributed by atoms with van der Waals surface area (Å²) in [5, 5.41) is 0. The van der Waals surface area contributed by atoms with Crippen LogP contribution in [0.2, 0.25) is 0 Å². The summed E-state index contributed by atoms with van der Waals surface area (Å²) < 4.78 is 15.2. The highest BCUT2D eigenvalue weighted by atomic mass is 79.9. The molecule has 0 heterocycles. The highest BCUT2D eigenvalue weighted by molar-refractivity contribution is 9.11. The van der Waals surface area contributed by atoms with Gasteiger partial charge in [0.05, 0.1) is 0 Å². The lowest BCUT2D eigenvalue weighted by Gasteiger charge is -2.15. The van der Waals surface area contributed by atoms with Crippen molar-refractivity contribution >= 4 is 31.9 Å². The number of aryl methyl sites for hydroxylation is 1. The summed E-state index contributed by atoms with van der Waals surface area (Å²) in [6.07, 6.45) is 0.618. The molecule has 2 aromatic rings. The Labute approximate surface area is 129 Å². The average Bonchev–Trinajstić information content (AvgIpc) is 2.32. The average molecular weight is 387 g/mol. The zero-order chi connectivity index (χ0) is 14.0. The summed E-state index contributed by atoms with van der Waals surface area (Å²) >= 11 is 6.89. The normalized spacial score (nSPS) is 12.5. The fraction of sp³-hybridized carbons (Fsp3) is 0.200. The third-order valence-electron chi connectivity index (χ3n) is 3.06. The number of nitrogens with two attached hydrogens (primary N) is 1. The zero-order valence-electron chi connectivity index (χ0n) is 10.5. The molecule has 0 spiro atoms. The van der Waals surface area contributed by atoms with Crippen molar-refractivity contribution in [3.05, 3.63) is 67.9 Å². The van der Waals surface area contributed by atoms with E-state index in [-0.39, 0.29) is 11.9 Å². The Hall–Kier alpha value is -0.710. The lowest BCUT2D eigenvalue weighted by molar-refractivity contribution is 0.621. The maximum absolute atomic E-state index is 13.3. The molecule has 0 aliphatic carbocycles. The fourth-order valence-corrected chi connectivity index (χ4v) is 3.33. The maximum Gasteiger partial charge on any atom is 0.123 e. The largest absolute Gasteiger partial charge is 0.324 e. The van der Waals surface area contributed by atoms with Crippen molar-refractivity contribution in [2.45, 2.75) is 19.4 Å². The molecule has 0 fully saturated rings. The third kappa shape index (κ3) is 3.88. The molecule has 0 bridgehead atoms. The number of rotatable bonds is 3. The van der Waals surface area contributed by atoms with Gasteiger partial charge in [-0.3, -0.25) is 0 Å². The summed E-state index contributed by atoms with van der Waals surface area (Å²) in [5.74, 6) is -0.219. The first-order chi connectivity index (χ1) is 8.95. The Morgan fingerprint density at radius 2 is 1.74 bits per heavy atom. The number of halogens is 3. The Morgan fingerprint density at radius 1 is 1.11 bits per heavy atom. The Kier molecular flexibility index (Phi) is 4.76. The topological polar surface area (TPSA) is 26.0 Å². The Bertz CT molecular complexity index is 578. The number of benzene rings is 2. The van der Waals surface area contributed by atoms with Crippen LogP contribution in [0, 0.1) is 12.7 Å². The summed E-state index contributed by atoms with van der Waals surface area (Å²) in [7, 11) is 0. The van der Waals surface area contributed by atoms with Crippen LogP contribution in [0.1, 0.15) is 22.7 Å². The molecule has 0 aliphatic heterocycles. The minimum Gasteiger partial charge on any atom is -0.324 e. The first kappa shape index (κ1) is 14.7. The molecular weight excluding hydrogens is 373 g/mol. The van der Waals surface area contributed by atoms with Gasteiger partial charge in [0, 0.05) is 15.0 Å². The molecule has 2 rings (SSSR count). The second-order valence-electron chi connectivity index (χ2n) is 4.58. The molecule has 0 saturated carbocycles. The highest BCUT2D eigenvalue weighted by Crippen LogP contribution is 2.26. The summed E-state index contributed by atoms with van der Waals surface area (Å²) in [5.41, 5.74) is 9.25. The van der Waals surface area contributed by atoms with Crippen LogP contribution in [-0.2, 0) is 6.42 Å². The predicted molar refractivity (Wildman–Crippen MR) is 83.6 cm³/mol. The molecule has 19 heavy (non-hydrogen) atoms. The van der Waals surface area contributed by atoms with Gasteiger partial charge in [-0.15, -0.1) is 0 Å². The van der Waals surface area contributed by atoms with Crippen molar-refractivity contribution in [3.8, 4) is 0 Å². The van der Waals surface area contributed by atoms with Crippen LogP contribution in [0.3, 0.4) is 0 Å². The van der Waals surface area contributed by atoms with Crippen molar-refractivity contribution in [2.75, 3.05) is 0 Å². The highest BCUT2D eigenvalue weighted by Gasteiger charge is 2.11. The molecule has 1 nitrogen and oxygen atoms in total. The van der Waals surface area contributed by atoms with Crippen LogP contribution in [0.25, 0.3) is 0 Å². The zero-order valence-corrected chi connectivity index (χ0v) is 13.6. The van der Waals surface area contributed by atoms with E-state index in [9.17, 15) is 4.39 Å². The fourth-order valence-electron chi connectivity index (χ4n) is 2.00. The third-order valence-corrected chi connectivity index (χ3v) is 3.98. The first-order valence-electron chi connectivity index (χ1n) is 5.92. The summed E-state index contributed by atoms with van der Waals surface area (Å²) in [4.78, 5) is 0. The van der Waals surface area contributed by atoms with Gasteiger partial charge < -0.3 is 5.73 Å². The Balaban J connectivity index is 2.25. The van der Waals surface area contributed by atoms with E-state index in [4.69, 9.17) is 5.73 Å². The monoisotopic (exact) mass is 385 g/mol. The van der Waals surface area contributed by atoms with E-state index in [1.54, 1.807) is 12.1 Å². The standard InChI is InChI=1S/C15H14Br2FN/c1-9-2-3-14(18)6-10(9)7-15(19)11-4-12(16)8-13(17)5-11/h2-6,8,15H,7,19H2,1H3. The van der Waals surface area contributed by atoms with Crippen molar-refractivity contribution in [1.29, 1.82) is 0 Å². The second kappa shape index (κ2) is 6.16. The molecule has 0 aliphatic rings. The van der Waals surface area contributed by atoms with Crippen LogP contribution in [0.4, 0.5) is 4.39 Å².